The molecule has 2 aromatic rings. The second kappa shape index (κ2) is 8.32. The number of aromatic nitrogens is 1. The summed E-state index contributed by atoms with van der Waals surface area (Å²) in [6.07, 6.45) is 3.70. The van der Waals surface area contributed by atoms with E-state index in [2.05, 4.69) is 16.7 Å². The predicted octanol–water partition coefficient (Wildman–Crippen LogP) is 1.26. The van der Waals surface area contributed by atoms with Crippen LogP contribution < -0.4 is 10.6 Å². The van der Waals surface area contributed by atoms with E-state index in [0.717, 1.165) is 35.9 Å². The van der Waals surface area contributed by atoms with E-state index in [-0.39, 0.29) is 18.4 Å². The minimum Gasteiger partial charge on any atom is -0.366 e. The molecule has 0 radical (unpaired) electrons. The van der Waals surface area contributed by atoms with Gasteiger partial charge in [-0.1, -0.05) is 18.2 Å². The molecular formula is C21H28N4O3. The second-order valence-corrected chi connectivity index (χ2v) is 7.51. The third kappa shape index (κ3) is 4.05. The summed E-state index contributed by atoms with van der Waals surface area (Å²) < 4.78 is 7.67. The molecule has 1 aliphatic heterocycles. The summed E-state index contributed by atoms with van der Waals surface area (Å²) in [6, 6.07) is 8.36. The number of nitrogens with one attached hydrogen (secondary N) is 2. The van der Waals surface area contributed by atoms with Crippen molar-refractivity contribution in [1.29, 1.82) is 0 Å². The predicted molar refractivity (Wildman–Crippen MR) is 107 cm³/mol. The summed E-state index contributed by atoms with van der Waals surface area (Å²) in [4.78, 5) is 27.1. The van der Waals surface area contributed by atoms with E-state index >= 15 is 0 Å². The molecule has 150 valence electrons. The number of amides is 2. The minimum absolute atomic E-state index is 0.00777. The molecule has 2 amide bonds. The molecule has 7 heteroatoms. The Hall–Kier alpha value is -2.38. The van der Waals surface area contributed by atoms with Gasteiger partial charge in [0.05, 0.1) is 6.61 Å². The van der Waals surface area contributed by atoms with Crippen molar-refractivity contribution in [3.05, 3.63) is 36.0 Å². The smallest absolute Gasteiger partial charge is 0.253 e. The lowest BCUT2D eigenvalue weighted by molar-refractivity contribution is -0.146. The van der Waals surface area contributed by atoms with Gasteiger partial charge in [-0.15, -0.1) is 0 Å². The van der Waals surface area contributed by atoms with Crippen LogP contribution in [0.5, 0.6) is 0 Å². The fourth-order valence-electron chi connectivity index (χ4n) is 3.85. The van der Waals surface area contributed by atoms with Crippen LogP contribution in [0.15, 0.2) is 30.5 Å². The molecule has 2 N–H and O–H groups in total. The first-order valence-electron chi connectivity index (χ1n) is 10.1. The van der Waals surface area contributed by atoms with Gasteiger partial charge in [0.15, 0.2) is 0 Å². The summed E-state index contributed by atoms with van der Waals surface area (Å²) in [6.45, 7) is 5.29. The van der Waals surface area contributed by atoms with Crippen molar-refractivity contribution < 1.29 is 14.3 Å². The van der Waals surface area contributed by atoms with Crippen LogP contribution in [0.1, 0.15) is 25.3 Å². The van der Waals surface area contributed by atoms with Crippen LogP contribution in [0.2, 0.25) is 0 Å². The Morgan fingerprint density at radius 3 is 2.86 bits per heavy atom. The van der Waals surface area contributed by atoms with Crippen molar-refractivity contribution in [3.63, 3.8) is 0 Å². The number of ether oxygens (including phenoxy) is 1. The minimum atomic E-state index is -0.405. The van der Waals surface area contributed by atoms with Crippen molar-refractivity contribution in [1.82, 2.24) is 20.1 Å². The molecule has 0 bridgehead atoms. The molecule has 2 aliphatic rings. The fraction of sp³-hybridized carbons (Fsp3) is 0.524. The molecule has 28 heavy (non-hydrogen) atoms. The normalized spacial score (nSPS) is 19.5. The van der Waals surface area contributed by atoms with Gasteiger partial charge < -0.3 is 24.8 Å². The molecule has 2 fully saturated rings. The van der Waals surface area contributed by atoms with Crippen LogP contribution in [0.3, 0.4) is 0 Å². The third-order valence-electron chi connectivity index (χ3n) is 5.37. The molecule has 2 heterocycles. The molecular weight excluding hydrogens is 356 g/mol. The number of fused-ring (bicyclic) bond motifs is 1. The summed E-state index contributed by atoms with van der Waals surface area (Å²) in [5, 5.41) is 7.18. The van der Waals surface area contributed by atoms with Gasteiger partial charge in [0.1, 0.15) is 12.6 Å². The van der Waals surface area contributed by atoms with E-state index in [0.29, 0.717) is 32.3 Å². The number of rotatable bonds is 7. The number of nitrogens with zero attached hydrogens (tertiary/aromatic N) is 2. The van der Waals surface area contributed by atoms with E-state index in [9.17, 15) is 9.59 Å². The van der Waals surface area contributed by atoms with E-state index < -0.39 is 6.10 Å². The van der Waals surface area contributed by atoms with E-state index in [1.54, 1.807) is 0 Å². The lowest BCUT2D eigenvalue weighted by Crippen LogP contribution is -2.49. The average molecular weight is 384 g/mol. The Balaban J connectivity index is 1.58. The molecule has 1 atom stereocenters. The van der Waals surface area contributed by atoms with Crippen molar-refractivity contribution in [2.24, 2.45) is 0 Å². The molecule has 1 saturated heterocycles. The number of hydrogen-bond acceptors (Lipinski definition) is 4. The lowest BCUT2D eigenvalue weighted by atomic mass is 10.1. The number of morpholine rings is 1. The van der Waals surface area contributed by atoms with Crippen LogP contribution in [0.25, 0.3) is 10.9 Å². The highest BCUT2D eigenvalue weighted by molar-refractivity contribution is 5.87. The Morgan fingerprint density at radius 1 is 1.32 bits per heavy atom. The highest BCUT2D eigenvalue weighted by atomic mass is 16.5. The highest BCUT2D eigenvalue weighted by Gasteiger charge is 2.37. The van der Waals surface area contributed by atoms with E-state index in [4.69, 9.17) is 4.74 Å². The van der Waals surface area contributed by atoms with Crippen molar-refractivity contribution in [2.45, 2.75) is 45.0 Å². The lowest BCUT2D eigenvalue weighted by Gasteiger charge is -2.30. The number of benzene rings is 1. The highest BCUT2D eigenvalue weighted by Crippen LogP contribution is 2.31. The number of likely N-dealkylation sites (N-methyl/N-ethyl adjacent to an activating group) is 1. The van der Waals surface area contributed by atoms with Gasteiger partial charge in [0.2, 0.25) is 5.91 Å². The maximum absolute atomic E-state index is 13.1. The number of carbonyl (C=O) groups is 2. The SMILES string of the molecule is CCNC(=O)Cn1cc(CN(C(=O)C2CNCCO2)C2CC2)c2ccccc21. The fourth-order valence-corrected chi connectivity index (χ4v) is 3.85. The van der Waals surface area contributed by atoms with Crippen molar-refractivity contribution >= 4 is 22.7 Å². The van der Waals surface area contributed by atoms with Gasteiger partial charge in [-0.25, -0.2) is 0 Å². The zero-order chi connectivity index (χ0) is 19.5. The maximum atomic E-state index is 13.1. The average Bonchev–Trinajstić information content (AvgIpc) is 3.50. The van der Waals surface area contributed by atoms with Crippen LogP contribution in [0.4, 0.5) is 0 Å². The van der Waals surface area contributed by atoms with E-state index in [1.165, 1.54) is 0 Å². The Bertz CT molecular complexity index is 852. The second-order valence-electron chi connectivity index (χ2n) is 7.51. The molecule has 4 rings (SSSR count). The number of carbonyl (C=O) groups excluding carboxylic acids is 2. The largest absolute Gasteiger partial charge is 0.366 e. The summed E-state index contributed by atoms with van der Waals surface area (Å²) in [5.41, 5.74) is 2.09. The molecule has 1 aromatic heterocycles. The Kier molecular flexibility index (Phi) is 5.64. The van der Waals surface area contributed by atoms with Gasteiger partial charge in [0, 0.05) is 49.3 Å². The zero-order valence-electron chi connectivity index (χ0n) is 16.3. The summed E-state index contributed by atoms with van der Waals surface area (Å²) in [7, 11) is 0. The van der Waals surface area contributed by atoms with Gasteiger partial charge in [0.25, 0.3) is 5.91 Å². The summed E-state index contributed by atoms with van der Waals surface area (Å²) >= 11 is 0. The molecule has 7 nitrogen and oxygen atoms in total. The van der Waals surface area contributed by atoms with Gasteiger partial charge >= 0.3 is 0 Å². The van der Waals surface area contributed by atoms with Crippen LogP contribution in [-0.4, -0.2) is 59.7 Å². The quantitative estimate of drug-likeness (QED) is 0.754. The van der Waals surface area contributed by atoms with Crippen molar-refractivity contribution in [3.8, 4) is 0 Å². The molecule has 1 saturated carbocycles. The first kappa shape index (κ1) is 19.0. The number of hydrogen-bond donors (Lipinski definition) is 2. The maximum Gasteiger partial charge on any atom is 0.253 e. The molecule has 1 aliphatic carbocycles. The zero-order valence-corrected chi connectivity index (χ0v) is 16.3. The van der Waals surface area contributed by atoms with Crippen molar-refractivity contribution in [2.75, 3.05) is 26.2 Å². The Labute approximate surface area is 165 Å². The topological polar surface area (TPSA) is 75.6 Å². The molecule has 0 spiro atoms. The van der Waals surface area contributed by atoms with Crippen LogP contribution in [-0.2, 0) is 27.4 Å². The first-order chi connectivity index (χ1) is 13.7. The summed E-state index contributed by atoms with van der Waals surface area (Å²) in [5.74, 6) is 0.0573. The molecule has 1 aromatic carbocycles. The van der Waals surface area contributed by atoms with E-state index in [1.807, 2.05) is 40.8 Å². The van der Waals surface area contributed by atoms with Crippen LogP contribution >= 0.6 is 0 Å². The molecule has 1 unspecified atom stereocenters. The third-order valence-corrected chi connectivity index (χ3v) is 5.37. The van der Waals surface area contributed by atoms with Gasteiger partial charge in [-0.2, -0.15) is 0 Å². The number of para-hydroxylation sites is 1. The Morgan fingerprint density at radius 2 is 2.14 bits per heavy atom. The van der Waals surface area contributed by atoms with Crippen LogP contribution in [0, 0.1) is 0 Å². The van der Waals surface area contributed by atoms with Gasteiger partial charge in [-0.05, 0) is 31.4 Å². The monoisotopic (exact) mass is 384 g/mol. The van der Waals surface area contributed by atoms with Gasteiger partial charge in [-0.3, -0.25) is 9.59 Å². The first-order valence-corrected chi connectivity index (χ1v) is 10.1. The standard InChI is InChI=1S/C21H28N4O3/c1-2-23-20(26)14-24-12-15(17-5-3-4-6-18(17)24)13-25(16-7-8-16)21(27)19-11-22-9-10-28-19/h3-6,12,16,19,22H,2,7-11,13-14H2,1H3,(H,23,26).